The highest BCUT2D eigenvalue weighted by atomic mass is 19.3. The minimum absolute atomic E-state index is 0.0417. The average molecular weight is 357 g/mol. The number of carbonyl (C=O) groups is 2. The minimum atomic E-state index is -3.05. The summed E-state index contributed by atoms with van der Waals surface area (Å²) in [6, 6.07) is 4.17. The molecule has 1 fully saturated rings. The number of ether oxygens (including phenoxy) is 2. The zero-order chi connectivity index (χ0) is 18.4. The highest BCUT2D eigenvalue weighted by Gasteiger charge is 2.27. The maximum Gasteiger partial charge on any atom is 0.387 e. The lowest BCUT2D eigenvalue weighted by atomic mass is 9.93. The molecular formula is C17H21F2NO5. The third kappa shape index (κ3) is 5.30. The highest BCUT2D eigenvalue weighted by Crippen LogP contribution is 2.29. The van der Waals surface area contributed by atoms with E-state index in [0.717, 1.165) is 12.8 Å². The topological polar surface area (TPSA) is 76.1 Å². The van der Waals surface area contributed by atoms with Gasteiger partial charge in [-0.15, -0.1) is 0 Å². The van der Waals surface area contributed by atoms with Crippen LogP contribution in [0.2, 0.25) is 0 Å². The Labute approximate surface area is 144 Å². The molecule has 6 nitrogen and oxygen atoms in total. The molecular weight excluding hydrogens is 336 g/mol. The molecule has 2 rings (SSSR count). The summed E-state index contributed by atoms with van der Waals surface area (Å²) in [5.74, 6) is -1.10. The van der Waals surface area contributed by atoms with Gasteiger partial charge in [-0.25, -0.2) is 0 Å². The molecule has 0 bridgehead atoms. The molecule has 1 amide bonds. The molecule has 1 N–H and O–H groups in total. The Morgan fingerprint density at radius 3 is 2.80 bits per heavy atom. The van der Waals surface area contributed by atoms with E-state index in [0.29, 0.717) is 25.3 Å². The first-order chi connectivity index (χ1) is 11.9. The second-order valence-electron chi connectivity index (χ2n) is 5.93. The van der Waals surface area contributed by atoms with Crippen molar-refractivity contribution in [3.05, 3.63) is 23.8 Å². The van der Waals surface area contributed by atoms with Gasteiger partial charge in [-0.05, 0) is 37.3 Å². The van der Waals surface area contributed by atoms with Crippen LogP contribution in [0.25, 0.3) is 0 Å². The van der Waals surface area contributed by atoms with Gasteiger partial charge in [0.1, 0.15) is 11.5 Å². The van der Waals surface area contributed by atoms with E-state index in [1.54, 1.807) is 4.90 Å². The quantitative estimate of drug-likeness (QED) is 0.812. The van der Waals surface area contributed by atoms with Gasteiger partial charge in [-0.3, -0.25) is 9.59 Å². The Balaban J connectivity index is 2.14. The summed E-state index contributed by atoms with van der Waals surface area (Å²) in [4.78, 5) is 25.0. The number of carboxylic acids is 1. The molecule has 1 aliphatic rings. The number of likely N-dealkylation sites (tertiary alicyclic amines) is 1. The molecule has 0 saturated carbocycles. The molecule has 0 radical (unpaired) electrons. The van der Waals surface area contributed by atoms with Crippen molar-refractivity contribution < 1.29 is 33.0 Å². The first-order valence-corrected chi connectivity index (χ1v) is 8.04. The number of rotatable bonds is 7. The number of hydrogen-bond acceptors (Lipinski definition) is 4. The first-order valence-electron chi connectivity index (χ1n) is 8.04. The molecule has 138 valence electrons. The van der Waals surface area contributed by atoms with Crippen molar-refractivity contribution >= 4 is 11.9 Å². The average Bonchev–Trinajstić information content (AvgIpc) is 2.59. The molecule has 1 aromatic rings. The highest BCUT2D eigenvalue weighted by molar-refractivity contribution is 5.97. The first kappa shape index (κ1) is 19.0. The summed E-state index contributed by atoms with van der Waals surface area (Å²) in [6.45, 7) is -2.14. The number of aliphatic carboxylic acids is 1. The number of halogens is 2. The summed E-state index contributed by atoms with van der Waals surface area (Å²) in [6.07, 6.45) is 2.13. The van der Waals surface area contributed by atoms with Crippen LogP contribution in [-0.4, -0.2) is 48.7 Å². The van der Waals surface area contributed by atoms with E-state index in [9.17, 15) is 18.4 Å². The number of carbonyl (C=O) groups excluding carboxylic acids is 1. The number of hydrogen-bond donors (Lipinski definition) is 1. The van der Waals surface area contributed by atoms with Crippen LogP contribution in [0.3, 0.4) is 0 Å². The lowest BCUT2D eigenvalue weighted by molar-refractivity contribution is -0.137. The van der Waals surface area contributed by atoms with Gasteiger partial charge < -0.3 is 19.5 Å². The van der Waals surface area contributed by atoms with Gasteiger partial charge in [0.25, 0.3) is 5.91 Å². The van der Waals surface area contributed by atoms with Crippen molar-refractivity contribution in [2.24, 2.45) is 5.92 Å². The summed E-state index contributed by atoms with van der Waals surface area (Å²) in [5.41, 5.74) is 0.0417. The maximum atomic E-state index is 12.7. The summed E-state index contributed by atoms with van der Waals surface area (Å²) in [7, 11) is 1.39. The number of piperidine rings is 1. The van der Waals surface area contributed by atoms with Gasteiger partial charge in [0.15, 0.2) is 0 Å². The largest absolute Gasteiger partial charge is 0.497 e. The Morgan fingerprint density at radius 1 is 1.40 bits per heavy atom. The Kier molecular flexibility index (Phi) is 6.55. The van der Waals surface area contributed by atoms with Crippen LogP contribution in [-0.2, 0) is 4.79 Å². The third-order valence-corrected chi connectivity index (χ3v) is 4.21. The van der Waals surface area contributed by atoms with E-state index >= 15 is 0 Å². The SMILES string of the molecule is COc1ccc(C(=O)N2CCCC(CCC(=O)O)C2)c(OC(F)F)c1. The minimum Gasteiger partial charge on any atom is -0.497 e. The fourth-order valence-corrected chi connectivity index (χ4v) is 2.98. The number of nitrogens with zero attached hydrogens (tertiary/aromatic N) is 1. The van der Waals surface area contributed by atoms with Crippen molar-refractivity contribution in [2.45, 2.75) is 32.3 Å². The normalized spacial score (nSPS) is 17.4. The molecule has 1 unspecified atom stereocenters. The predicted molar refractivity (Wildman–Crippen MR) is 85.1 cm³/mol. The van der Waals surface area contributed by atoms with E-state index in [1.807, 2.05) is 0 Å². The summed E-state index contributed by atoms with van der Waals surface area (Å²) < 4.78 is 34.7. The van der Waals surface area contributed by atoms with Gasteiger partial charge in [0, 0.05) is 25.6 Å². The van der Waals surface area contributed by atoms with Crippen LogP contribution < -0.4 is 9.47 Å². The number of carboxylic acid groups (broad SMARTS) is 1. The zero-order valence-electron chi connectivity index (χ0n) is 13.9. The van der Waals surface area contributed by atoms with Crippen LogP contribution in [0.15, 0.2) is 18.2 Å². The second-order valence-corrected chi connectivity index (χ2v) is 5.93. The molecule has 1 heterocycles. The van der Waals surface area contributed by atoms with Crippen LogP contribution in [0.4, 0.5) is 8.78 Å². The third-order valence-electron chi connectivity index (χ3n) is 4.21. The molecule has 1 saturated heterocycles. The van der Waals surface area contributed by atoms with Gasteiger partial charge in [0.05, 0.1) is 12.7 Å². The lowest BCUT2D eigenvalue weighted by Gasteiger charge is -2.33. The second kappa shape index (κ2) is 8.64. The summed E-state index contributed by atoms with van der Waals surface area (Å²) >= 11 is 0. The molecule has 1 aliphatic heterocycles. The fraction of sp³-hybridized carbons (Fsp3) is 0.529. The summed E-state index contributed by atoms with van der Waals surface area (Å²) in [5, 5.41) is 8.79. The number of alkyl halides is 2. The monoisotopic (exact) mass is 357 g/mol. The van der Waals surface area contributed by atoms with E-state index in [2.05, 4.69) is 4.74 Å². The van der Waals surface area contributed by atoms with Gasteiger partial charge >= 0.3 is 12.6 Å². The van der Waals surface area contributed by atoms with E-state index in [4.69, 9.17) is 9.84 Å². The molecule has 0 spiro atoms. The van der Waals surface area contributed by atoms with E-state index < -0.39 is 18.5 Å². The molecule has 0 aromatic heterocycles. The van der Waals surface area contributed by atoms with Gasteiger partial charge in [-0.1, -0.05) is 0 Å². The van der Waals surface area contributed by atoms with E-state index in [-0.39, 0.29) is 23.7 Å². The number of amides is 1. The standard InChI is InChI=1S/C17H21F2NO5/c1-24-12-5-6-13(14(9-12)25-17(18)19)16(23)20-8-2-3-11(10-20)4-7-15(21)22/h5-6,9,11,17H,2-4,7-8,10H2,1H3,(H,21,22). The van der Waals surface area contributed by atoms with Crippen LogP contribution in [0.5, 0.6) is 11.5 Å². The molecule has 25 heavy (non-hydrogen) atoms. The Morgan fingerprint density at radius 2 is 2.16 bits per heavy atom. The smallest absolute Gasteiger partial charge is 0.387 e. The van der Waals surface area contributed by atoms with Crippen molar-refractivity contribution in [1.29, 1.82) is 0 Å². The van der Waals surface area contributed by atoms with Crippen molar-refractivity contribution in [1.82, 2.24) is 4.90 Å². The van der Waals surface area contributed by atoms with Crippen LogP contribution in [0, 0.1) is 5.92 Å². The Hall–Kier alpha value is -2.38. The van der Waals surface area contributed by atoms with Gasteiger partial charge in [0.2, 0.25) is 0 Å². The van der Waals surface area contributed by atoms with Crippen molar-refractivity contribution in [3.8, 4) is 11.5 Å². The lowest BCUT2D eigenvalue weighted by Crippen LogP contribution is -2.40. The Bertz CT molecular complexity index is 623. The van der Waals surface area contributed by atoms with Crippen LogP contribution >= 0.6 is 0 Å². The zero-order valence-corrected chi connectivity index (χ0v) is 13.9. The van der Waals surface area contributed by atoms with Crippen molar-refractivity contribution in [3.63, 3.8) is 0 Å². The fourth-order valence-electron chi connectivity index (χ4n) is 2.98. The number of benzene rings is 1. The van der Waals surface area contributed by atoms with E-state index in [1.165, 1.54) is 25.3 Å². The van der Waals surface area contributed by atoms with Crippen molar-refractivity contribution in [2.75, 3.05) is 20.2 Å². The molecule has 1 aromatic carbocycles. The maximum absolute atomic E-state index is 12.7. The molecule has 1 atom stereocenters. The van der Waals surface area contributed by atoms with Crippen LogP contribution in [0.1, 0.15) is 36.0 Å². The number of methoxy groups -OCH3 is 1. The predicted octanol–water partition coefficient (Wildman–Crippen LogP) is 3.01. The van der Waals surface area contributed by atoms with Gasteiger partial charge in [-0.2, -0.15) is 8.78 Å². The molecule has 8 heteroatoms. The molecule has 0 aliphatic carbocycles.